The second kappa shape index (κ2) is 12.5. The Morgan fingerprint density at radius 3 is 2.56 bits per heavy atom. The molecule has 0 bridgehead atoms. The van der Waals surface area contributed by atoms with Gasteiger partial charge in [0.1, 0.15) is 12.4 Å². The average Bonchev–Trinajstić information content (AvgIpc) is 2.52. The number of nitrogens with zero attached hydrogens (tertiary/aromatic N) is 3. The van der Waals surface area contributed by atoms with Crippen LogP contribution < -0.4 is 16.0 Å². The number of nitrogens with one attached hydrogen (secondary N) is 3. The summed E-state index contributed by atoms with van der Waals surface area (Å²) >= 11 is 0. The van der Waals surface area contributed by atoms with Gasteiger partial charge in [-0.05, 0) is 26.0 Å². The second-order valence-electron chi connectivity index (χ2n) is 5.37. The molecule has 1 aromatic rings. The predicted molar refractivity (Wildman–Crippen MR) is 110 cm³/mol. The zero-order valence-corrected chi connectivity index (χ0v) is 17.5. The van der Waals surface area contributed by atoms with Crippen molar-refractivity contribution in [1.29, 1.82) is 0 Å². The molecule has 0 aliphatic heterocycles. The van der Waals surface area contributed by atoms with Crippen LogP contribution in [0.3, 0.4) is 0 Å². The third-order valence-electron chi connectivity index (χ3n) is 3.02. The molecule has 0 aliphatic carbocycles. The van der Waals surface area contributed by atoms with Crippen LogP contribution in [-0.2, 0) is 9.59 Å². The second-order valence-corrected chi connectivity index (χ2v) is 5.37. The quantitative estimate of drug-likeness (QED) is 0.319. The van der Waals surface area contributed by atoms with Crippen molar-refractivity contribution in [3.63, 3.8) is 0 Å². The largest absolute Gasteiger partial charge is 0.357 e. The molecule has 2 amide bonds. The number of aliphatic imine (C=N–C) groups is 1. The monoisotopic (exact) mass is 462 g/mol. The molecule has 8 nitrogen and oxygen atoms in total. The van der Waals surface area contributed by atoms with Gasteiger partial charge in [0.15, 0.2) is 5.96 Å². The van der Waals surface area contributed by atoms with Crippen molar-refractivity contribution in [2.75, 3.05) is 39.0 Å². The number of anilines is 1. The number of aryl methyl sites for hydroxylation is 1. The molecule has 0 atom stereocenters. The molecule has 0 aromatic carbocycles. The van der Waals surface area contributed by atoms with E-state index in [2.05, 4.69) is 25.9 Å². The lowest BCUT2D eigenvalue weighted by atomic mass is 10.3. The molecule has 0 aliphatic rings. The molecule has 140 valence electrons. The summed E-state index contributed by atoms with van der Waals surface area (Å²) < 4.78 is 0. The standard InChI is InChI=1S/C16H26N6O2.HI/c1-5-17-16(19-11-15(24)22(3)4)18-10-9-14(23)21-13-8-6-7-12(2)20-13;/h6-8H,5,9-11H2,1-4H3,(H2,17,18,19)(H,20,21,23);1H. The Bertz CT molecular complexity index is 592. The fraction of sp³-hybridized carbons (Fsp3) is 0.500. The van der Waals surface area contributed by atoms with E-state index in [4.69, 9.17) is 0 Å². The lowest BCUT2D eigenvalue weighted by molar-refractivity contribution is -0.127. The van der Waals surface area contributed by atoms with E-state index in [1.165, 1.54) is 4.90 Å². The first-order valence-corrected chi connectivity index (χ1v) is 7.88. The highest BCUT2D eigenvalue weighted by molar-refractivity contribution is 14.0. The highest BCUT2D eigenvalue weighted by Crippen LogP contribution is 2.03. The number of hydrogen-bond donors (Lipinski definition) is 3. The van der Waals surface area contributed by atoms with Gasteiger partial charge >= 0.3 is 0 Å². The lowest BCUT2D eigenvalue weighted by Gasteiger charge is -2.12. The fourth-order valence-electron chi connectivity index (χ4n) is 1.74. The number of carbonyl (C=O) groups is 2. The predicted octanol–water partition coefficient (Wildman–Crippen LogP) is 0.980. The van der Waals surface area contributed by atoms with Gasteiger partial charge in [0, 0.05) is 39.3 Å². The molecule has 1 heterocycles. The van der Waals surface area contributed by atoms with Crippen LogP contribution >= 0.6 is 24.0 Å². The minimum atomic E-state index is -0.138. The Balaban J connectivity index is 0.00000576. The van der Waals surface area contributed by atoms with Crippen LogP contribution in [0.1, 0.15) is 19.0 Å². The number of hydrogen-bond acceptors (Lipinski definition) is 4. The zero-order chi connectivity index (χ0) is 17.9. The first kappa shape index (κ1) is 23.1. The van der Waals surface area contributed by atoms with Crippen molar-refractivity contribution < 1.29 is 9.59 Å². The number of guanidine groups is 1. The van der Waals surface area contributed by atoms with E-state index in [9.17, 15) is 9.59 Å². The molecule has 0 saturated heterocycles. The van der Waals surface area contributed by atoms with Crippen LogP contribution in [0.15, 0.2) is 23.2 Å². The van der Waals surface area contributed by atoms with E-state index in [0.717, 1.165) is 5.69 Å². The molecule has 0 radical (unpaired) electrons. The van der Waals surface area contributed by atoms with Gasteiger partial charge in [-0.2, -0.15) is 0 Å². The fourth-order valence-corrected chi connectivity index (χ4v) is 1.74. The number of rotatable bonds is 7. The molecule has 1 rings (SSSR count). The number of likely N-dealkylation sites (N-methyl/N-ethyl adjacent to an activating group) is 1. The van der Waals surface area contributed by atoms with Crippen LogP contribution in [-0.4, -0.2) is 61.4 Å². The average molecular weight is 462 g/mol. The van der Waals surface area contributed by atoms with Crippen LogP contribution in [0.25, 0.3) is 0 Å². The summed E-state index contributed by atoms with van der Waals surface area (Å²) in [5.41, 5.74) is 0.845. The van der Waals surface area contributed by atoms with E-state index in [1.807, 2.05) is 26.0 Å². The molecule has 9 heteroatoms. The van der Waals surface area contributed by atoms with Crippen molar-refractivity contribution in [2.24, 2.45) is 4.99 Å². The van der Waals surface area contributed by atoms with Crippen molar-refractivity contribution in [2.45, 2.75) is 20.3 Å². The van der Waals surface area contributed by atoms with Crippen molar-refractivity contribution in [3.8, 4) is 0 Å². The van der Waals surface area contributed by atoms with E-state index in [0.29, 0.717) is 24.9 Å². The molecule has 0 saturated carbocycles. The summed E-state index contributed by atoms with van der Waals surface area (Å²) in [5, 5.41) is 8.80. The Morgan fingerprint density at radius 2 is 1.96 bits per heavy atom. The van der Waals surface area contributed by atoms with E-state index in [-0.39, 0.29) is 48.8 Å². The van der Waals surface area contributed by atoms with Crippen molar-refractivity contribution >= 4 is 47.6 Å². The minimum Gasteiger partial charge on any atom is -0.357 e. The van der Waals surface area contributed by atoms with E-state index in [1.54, 1.807) is 20.2 Å². The summed E-state index contributed by atoms with van der Waals surface area (Å²) in [4.78, 5) is 33.4. The smallest absolute Gasteiger partial charge is 0.243 e. The van der Waals surface area contributed by atoms with Gasteiger partial charge in [0.25, 0.3) is 0 Å². The Morgan fingerprint density at radius 1 is 1.24 bits per heavy atom. The van der Waals surface area contributed by atoms with Crippen LogP contribution in [0.2, 0.25) is 0 Å². The minimum absolute atomic E-state index is 0. The summed E-state index contributed by atoms with van der Waals surface area (Å²) in [6.07, 6.45) is 0.266. The van der Waals surface area contributed by atoms with Crippen LogP contribution in [0.4, 0.5) is 5.82 Å². The maximum atomic E-state index is 11.9. The maximum Gasteiger partial charge on any atom is 0.243 e. The van der Waals surface area contributed by atoms with Gasteiger partial charge in [0.2, 0.25) is 11.8 Å². The summed E-state index contributed by atoms with van der Waals surface area (Å²) in [7, 11) is 3.36. The highest BCUT2D eigenvalue weighted by atomic mass is 127. The van der Waals surface area contributed by atoms with Crippen LogP contribution in [0.5, 0.6) is 0 Å². The molecule has 0 unspecified atom stereocenters. The Hall–Kier alpha value is -1.91. The van der Waals surface area contributed by atoms with E-state index >= 15 is 0 Å². The van der Waals surface area contributed by atoms with Gasteiger partial charge in [-0.3, -0.25) is 9.59 Å². The van der Waals surface area contributed by atoms with Crippen molar-refractivity contribution in [1.82, 2.24) is 20.5 Å². The number of amides is 2. The molecule has 25 heavy (non-hydrogen) atoms. The molecule has 0 spiro atoms. The van der Waals surface area contributed by atoms with Gasteiger partial charge < -0.3 is 20.9 Å². The number of pyridine rings is 1. The van der Waals surface area contributed by atoms with Gasteiger partial charge in [-0.1, -0.05) is 6.07 Å². The highest BCUT2D eigenvalue weighted by Gasteiger charge is 2.06. The first-order valence-electron chi connectivity index (χ1n) is 7.88. The molecule has 1 aromatic heterocycles. The van der Waals surface area contributed by atoms with Gasteiger partial charge in [-0.25, -0.2) is 9.98 Å². The summed E-state index contributed by atoms with van der Waals surface area (Å²) in [5.74, 6) is 0.822. The van der Waals surface area contributed by atoms with Crippen molar-refractivity contribution in [3.05, 3.63) is 23.9 Å². The normalized spacial score (nSPS) is 10.5. The number of aromatic nitrogens is 1. The molecular formula is C16H27IN6O2. The van der Waals surface area contributed by atoms with Gasteiger partial charge in [-0.15, -0.1) is 24.0 Å². The van der Waals surface area contributed by atoms with Crippen LogP contribution in [0, 0.1) is 6.92 Å². The maximum absolute atomic E-state index is 11.9. The third kappa shape index (κ3) is 9.85. The Kier molecular flexibility index (Phi) is 11.5. The Labute approximate surface area is 165 Å². The summed E-state index contributed by atoms with van der Waals surface area (Å²) in [6.45, 7) is 4.93. The molecular weight excluding hydrogens is 435 g/mol. The summed E-state index contributed by atoms with van der Waals surface area (Å²) in [6, 6.07) is 5.45. The SMILES string of the molecule is CCNC(=NCC(=O)N(C)C)NCCC(=O)Nc1cccc(C)n1.I. The first-order chi connectivity index (χ1) is 11.4. The van der Waals surface area contributed by atoms with Gasteiger partial charge in [0.05, 0.1) is 0 Å². The number of carbonyl (C=O) groups excluding carboxylic acids is 2. The lowest BCUT2D eigenvalue weighted by Crippen LogP contribution is -2.39. The number of halogens is 1. The van der Waals surface area contributed by atoms with E-state index < -0.39 is 0 Å². The molecule has 0 fully saturated rings. The zero-order valence-electron chi connectivity index (χ0n) is 15.1. The molecule has 3 N–H and O–H groups in total. The topological polar surface area (TPSA) is 98.7 Å². The third-order valence-corrected chi connectivity index (χ3v) is 3.02.